The van der Waals surface area contributed by atoms with Crippen LogP contribution < -0.4 is 15.4 Å². The fourth-order valence-electron chi connectivity index (χ4n) is 2.83. The first kappa shape index (κ1) is 20.1. The van der Waals surface area contributed by atoms with Crippen LogP contribution in [0.4, 0.5) is 5.69 Å². The highest BCUT2D eigenvalue weighted by Crippen LogP contribution is 2.22. The molecule has 0 spiro atoms. The summed E-state index contributed by atoms with van der Waals surface area (Å²) in [6, 6.07) is 23.8. The molecular formula is C24H24N2O3. The van der Waals surface area contributed by atoms with E-state index >= 15 is 0 Å². The van der Waals surface area contributed by atoms with Crippen molar-refractivity contribution in [3.05, 3.63) is 95.6 Å². The second-order valence-corrected chi connectivity index (χ2v) is 6.53. The molecule has 5 nitrogen and oxygen atoms in total. The average Bonchev–Trinajstić information content (AvgIpc) is 2.77. The molecule has 29 heavy (non-hydrogen) atoms. The fourth-order valence-corrected chi connectivity index (χ4v) is 2.83. The van der Waals surface area contributed by atoms with Crippen molar-refractivity contribution in [1.29, 1.82) is 0 Å². The lowest BCUT2D eigenvalue weighted by Gasteiger charge is -2.14. The monoisotopic (exact) mass is 388 g/mol. The molecule has 3 aromatic rings. The van der Waals surface area contributed by atoms with Crippen LogP contribution in [0.15, 0.2) is 78.9 Å². The van der Waals surface area contributed by atoms with Crippen LogP contribution >= 0.6 is 0 Å². The SMILES string of the molecule is CCCNC(=O)c1ccccc1NC(=O)c1ccccc1OCc1ccccc1. The van der Waals surface area contributed by atoms with Crippen molar-refractivity contribution < 1.29 is 14.3 Å². The highest BCUT2D eigenvalue weighted by molar-refractivity contribution is 6.10. The molecular weight excluding hydrogens is 364 g/mol. The van der Waals surface area contributed by atoms with Crippen LogP contribution in [0.1, 0.15) is 39.6 Å². The quantitative estimate of drug-likeness (QED) is 0.590. The number of amides is 2. The zero-order chi connectivity index (χ0) is 20.5. The summed E-state index contributed by atoms with van der Waals surface area (Å²) in [6.07, 6.45) is 0.840. The minimum absolute atomic E-state index is 0.212. The van der Waals surface area contributed by atoms with E-state index in [4.69, 9.17) is 4.74 Å². The Labute approximate surface area is 170 Å². The molecule has 0 bridgehead atoms. The van der Waals surface area contributed by atoms with Crippen LogP contribution in [-0.4, -0.2) is 18.4 Å². The number of carbonyl (C=O) groups is 2. The highest BCUT2D eigenvalue weighted by Gasteiger charge is 2.16. The molecule has 0 saturated carbocycles. The Hall–Kier alpha value is -3.60. The number of nitrogens with one attached hydrogen (secondary N) is 2. The van der Waals surface area contributed by atoms with Gasteiger partial charge in [-0.3, -0.25) is 9.59 Å². The van der Waals surface area contributed by atoms with Gasteiger partial charge in [0.15, 0.2) is 0 Å². The maximum absolute atomic E-state index is 12.9. The van der Waals surface area contributed by atoms with Gasteiger partial charge in [-0.25, -0.2) is 0 Å². The smallest absolute Gasteiger partial charge is 0.259 e. The van der Waals surface area contributed by atoms with Crippen LogP contribution in [0.5, 0.6) is 5.75 Å². The summed E-state index contributed by atoms with van der Waals surface area (Å²) < 4.78 is 5.87. The molecule has 0 radical (unpaired) electrons. The van der Waals surface area contributed by atoms with Gasteiger partial charge in [0, 0.05) is 6.54 Å². The molecule has 0 saturated heterocycles. The van der Waals surface area contributed by atoms with Crippen molar-refractivity contribution in [2.75, 3.05) is 11.9 Å². The van der Waals surface area contributed by atoms with Gasteiger partial charge in [-0.1, -0.05) is 61.5 Å². The first-order valence-electron chi connectivity index (χ1n) is 9.63. The molecule has 0 aliphatic heterocycles. The maximum atomic E-state index is 12.9. The van der Waals surface area contributed by atoms with Gasteiger partial charge in [-0.15, -0.1) is 0 Å². The number of anilines is 1. The Morgan fingerprint density at radius 2 is 1.45 bits per heavy atom. The topological polar surface area (TPSA) is 67.4 Å². The van der Waals surface area contributed by atoms with E-state index in [1.807, 2.05) is 43.3 Å². The zero-order valence-corrected chi connectivity index (χ0v) is 16.4. The molecule has 2 N–H and O–H groups in total. The molecule has 3 aromatic carbocycles. The van der Waals surface area contributed by atoms with Crippen molar-refractivity contribution in [1.82, 2.24) is 5.32 Å². The van der Waals surface area contributed by atoms with E-state index in [0.717, 1.165) is 12.0 Å². The van der Waals surface area contributed by atoms with Crippen LogP contribution in [-0.2, 0) is 6.61 Å². The Balaban J connectivity index is 1.76. The van der Waals surface area contributed by atoms with Gasteiger partial charge in [0.2, 0.25) is 0 Å². The lowest BCUT2D eigenvalue weighted by molar-refractivity contribution is 0.0954. The Kier molecular flexibility index (Phi) is 7.00. The van der Waals surface area contributed by atoms with E-state index in [9.17, 15) is 9.59 Å². The minimum Gasteiger partial charge on any atom is -0.488 e. The van der Waals surface area contributed by atoms with Crippen molar-refractivity contribution in [2.45, 2.75) is 20.0 Å². The van der Waals surface area contributed by atoms with Gasteiger partial charge in [-0.05, 0) is 36.2 Å². The van der Waals surface area contributed by atoms with Crippen molar-refractivity contribution in [2.24, 2.45) is 0 Å². The second-order valence-electron chi connectivity index (χ2n) is 6.53. The molecule has 0 fully saturated rings. The van der Waals surface area contributed by atoms with Gasteiger partial charge in [0.05, 0.1) is 16.8 Å². The molecule has 0 aromatic heterocycles. The number of hydrogen-bond acceptors (Lipinski definition) is 3. The lowest BCUT2D eigenvalue weighted by atomic mass is 10.1. The fraction of sp³-hybridized carbons (Fsp3) is 0.167. The Morgan fingerprint density at radius 3 is 2.21 bits per heavy atom. The maximum Gasteiger partial charge on any atom is 0.259 e. The summed E-state index contributed by atoms with van der Waals surface area (Å²) in [5.74, 6) is -0.0532. The largest absolute Gasteiger partial charge is 0.488 e. The predicted molar refractivity (Wildman–Crippen MR) is 114 cm³/mol. The number of ether oxygens (including phenoxy) is 1. The summed E-state index contributed by atoms with van der Waals surface area (Å²) in [5, 5.41) is 5.68. The van der Waals surface area contributed by atoms with E-state index < -0.39 is 0 Å². The van der Waals surface area contributed by atoms with Gasteiger partial charge < -0.3 is 15.4 Å². The van der Waals surface area contributed by atoms with E-state index in [-0.39, 0.29) is 11.8 Å². The van der Waals surface area contributed by atoms with Crippen LogP contribution in [0, 0.1) is 0 Å². The van der Waals surface area contributed by atoms with Gasteiger partial charge in [0.1, 0.15) is 12.4 Å². The number of benzene rings is 3. The molecule has 0 heterocycles. The first-order chi connectivity index (χ1) is 14.2. The van der Waals surface area contributed by atoms with Crippen molar-refractivity contribution in [3.63, 3.8) is 0 Å². The third-order valence-corrected chi connectivity index (χ3v) is 4.32. The Bertz CT molecular complexity index is 971. The number of carbonyl (C=O) groups excluding carboxylic acids is 2. The normalized spacial score (nSPS) is 10.2. The van der Waals surface area contributed by atoms with Crippen LogP contribution in [0.3, 0.4) is 0 Å². The highest BCUT2D eigenvalue weighted by atomic mass is 16.5. The van der Waals surface area contributed by atoms with E-state index in [1.54, 1.807) is 42.5 Å². The summed E-state index contributed by atoms with van der Waals surface area (Å²) in [7, 11) is 0. The lowest BCUT2D eigenvalue weighted by Crippen LogP contribution is -2.25. The van der Waals surface area contributed by atoms with Crippen molar-refractivity contribution >= 4 is 17.5 Å². The average molecular weight is 388 g/mol. The van der Waals surface area contributed by atoms with E-state index in [0.29, 0.717) is 35.7 Å². The third kappa shape index (κ3) is 5.45. The summed E-state index contributed by atoms with van der Waals surface area (Å²) >= 11 is 0. The van der Waals surface area contributed by atoms with Crippen LogP contribution in [0.2, 0.25) is 0 Å². The number of para-hydroxylation sites is 2. The van der Waals surface area contributed by atoms with Gasteiger partial charge >= 0.3 is 0 Å². The summed E-state index contributed by atoms with van der Waals surface area (Å²) in [6.45, 7) is 2.93. The molecule has 0 atom stereocenters. The standard InChI is InChI=1S/C24H24N2O3/c1-2-16-25-23(27)19-12-6-8-14-21(19)26-24(28)20-13-7-9-15-22(20)29-17-18-10-4-3-5-11-18/h3-15H,2,16-17H2,1H3,(H,25,27)(H,26,28). The zero-order valence-electron chi connectivity index (χ0n) is 16.4. The minimum atomic E-state index is -0.329. The molecule has 5 heteroatoms. The predicted octanol–water partition coefficient (Wildman–Crippen LogP) is 4.66. The molecule has 148 valence electrons. The van der Waals surface area contributed by atoms with Gasteiger partial charge in [0.25, 0.3) is 11.8 Å². The van der Waals surface area contributed by atoms with E-state index in [2.05, 4.69) is 10.6 Å². The molecule has 0 unspecified atom stereocenters. The number of hydrogen-bond donors (Lipinski definition) is 2. The van der Waals surface area contributed by atoms with E-state index in [1.165, 1.54) is 0 Å². The van der Waals surface area contributed by atoms with Crippen LogP contribution in [0.25, 0.3) is 0 Å². The second kappa shape index (κ2) is 10.1. The van der Waals surface area contributed by atoms with Gasteiger partial charge in [-0.2, -0.15) is 0 Å². The molecule has 0 aliphatic carbocycles. The van der Waals surface area contributed by atoms with Crippen molar-refractivity contribution in [3.8, 4) is 5.75 Å². The molecule has 0 aliphatic rings. The summed E-state index contributed by atoms with van der Waals surface area (Å²) in [4.78, 5) is 25.3. The Morgan fingerprint density at radius 1 is 0.793 bits per heavy atom. The number of rotatable bonds is 8. The molecule has 3 rings (SSSR count). The summed E-state index contributed by atoms with van der Waals surface area (Å²) in [5.41, 5.74) is 2.31. The first-order valence-corrected chi connectivity index (χ1v) is 9.63. The molecule has 2 amide bonds. The third-order valence-electron chi connectivity index (χ3n) is 4.32.